The highest BCUT2D eigenvalue weighted by Crippen LogP contribution is 2.24. The van der Waals surface area contributed by atoms with Gasteiger partial charge in [0, 0.05) is 17.1 Å². The molecule has 2 rings (SSSR count). The molecule has 0 aromatic carbocycles. The van der Waals surface area contributed by atoms with E-state index >= 15 is 0 Å². The Morgan fingerprint density at radius 1 is 1.50 bits per heavy atom. The summed E-state index contributed by atoms with van der Waals surface area (Å²) in [5.74, 6) is -1.11. The van der Waals surface area contributed by atoms with Gasteiger partial charge in [0.2, 0.25) is 0 Å². The lowest BCUT2D eigenvalue weighted by Crippen LogP contribution is -2.44. The molecule has 2 unspecified atom stereocenters. The lowest BCUT2D eigenvalue weighted by molar-refractivity contribution is -0.143. The van der Waals surface area contributed by atoms with Crippen molar-refractivity contribution in [2.45, 2.75) is 45.2 Å². The molecule has 20 heavy (non-hydrogen) atoms. The summed E-state index contributed by atoms with van der Waals surface area (Å²) >= 11 is 1.51. The molecular formula is C13H19N3O3S. The standard InChI is InChI=1S/C13H19N3O3S/c1-8-7-20-11(15-8)6-14-13(19)16-10-4-2-3-9(5-10)12(17)18/h7,9-10H,2-6H2,1H3,(H,17,18)(H2,14,16,19). The Balaban J connectivity index is 1.75. The number of carbonyl (C=O) groups is 2. The van der Waals surface area contributed by atoms with Crippen molar-refractivity contribution in [3.8, 4) is 0 Å². The highest BCUT2D eigenvalue weighted by atomic mass is 32.1. The van der Waals surface area contributed by atoms with Gasteiger partial charge in [-0.1, -0.05) is 6.42 Å². The molecule has 1 heterocycles. The van der Waals surface area contributed by atoms with Crippen LogP contribution in [-0.4, -0.2) is 28.1 Å². The van der Waals surface area contributed by atoms with Gasteiger partial charge in [-0.05, 0) is 26.2 Å². The van der Waals surface area contributed by atoms with E-state index in [9.17, 15) is 9.59 Å². The minimum atomic E-state index is -0.768. The first-order valence-corrected chi connectivity index (χ1v) is 7.60. The van der Waals surface area contributed by atoms with Crippen molar-refractivity contribution in [2.75, 3.05) is 0 Å². The number of carbonyl (C=O) groups excluding carboxylic acids is 1. The van der Waals surface area contributed by atoms with Crippen molar-refractivity contribution >= 4 is 23.3 Å². The summed E-state index contributed by atoms with van der Waals surface area (Å²) in [4.78, 5) is 27.0. The van der Waals surface area contributed by atoms with Crippen LogP contribution in [0.15, 0.2) is 5.38 Å². The van der Waals surface area contributed by atoms with E-state index in [2.05, 4.69) is 15.6 Å². The molecule has 1 aromatic rings. The van der Waals surface area contributed by atoms with Crippen LogP contribution < -0.4 is 10.6 Å². The maximum Gasteiger partial charge on any atom is 0.315 e. The molecule has 0 aliphatic heterocycles. The first kappa shape index (κ1) is 14.8. The number of carboxylic acid groups (broad SMARTS) is 1. The third-order valence-electron chi connectivity index (χ3n) is 3.43. The monoisotopic (exact) mass is 297 g/mol. The van der Waals surface area contributed by atoms with Gasteiger partial charge in [-0.3, -0.25) is 4.79 Å². The lowest BCUT2D eigenvalue weighted by atomic mass is 9.86. The van der Waals surface area contributed by atoms with Crippen LogP contribution in [0.3, 0.4) is 0 Å². The van der Waals surface area contributed by atoms with Gasteiger partial charge in [0.05, 0.1) is 12.5 Å². The van der Waals surface area contributed by atoms with Crippen LogP contribution in [0.2, 0.25) is 0 Å². The number of aryl methyl sites for hydroxylation is 1. The molecule has 1 aromatic heterocycles. The molecule has 1 aliphatic rings. The fourth-order valence-electron chi connectivity index (χ4n) is 2.42. The van der Waals surface area contributed by atoms with Crippen molar-refractivity contribution in [3.05, 3.63) is 16.1 Å². The Bertz CT molecular complexity index is 489. The van der Waals surface area contributed by atoms with Gasteiger partial charge in [0.1, 0.15) is 5.01 Å². The number of nitrogens with one attached hydrogen (secondary N) is 2. The molecule has 0 saturated heterocycles. The zero-order chi connectivity index (χ0) is 14.5. The van der Waals surface area contributed by atoms with Gasteiger partial charge in [-0.2, -0.15) is 0 Å². The van der Waals surface area contributed by atoms with Crippen molar-refractivity contribution in [2.24, 2.45) is 5.92 Å². The number of aliphatic carboxylic acids is 1. The third-order valence-corrected chi connectivity index (χ3v) is 4.39. The number of aromatic nitrogens is 1. The van der Waals surface area contributed by atoms with Gasteiger partial charge in [-0.25, -0.2) is 9.78 Å². The average Bonchev–Trinajstić information content (AvgIpc) is 2.82. The van der Waals surface area contributed by atoms with E-state index in [1.54, 1.807) is 0 Å². The predicted octanol–water partition coefficient (Wildman–Crippen LogP) is 1.89. The number of thiazole rings is 1. The predicted molar refractivity (Wildman–Crippen MR) is 75.6 cm³/mol. The molecule has 0 bridgehead atoms. The third kappa shape index (κ3) is 4.19. The number of amides is 2. The number of hydrogen-bond donors (Lipinski definition) is 3. The SMILES string of the molecule is Cc1csc(CNC(=O)NC2CCCC(C(=O)O)C2)n1. The Morgan fingerprint density at radius 3 is 2.95 bits per heavy atom. The number of carboxylic acids is 1. The molecule has 1 aliphatic carbocycles. The van der Waals surface area contributed by atoms with Crippen LogP contribution in [0.1, 0.15) is 36.4 Å². The first-order chi connectivity index (χ1) is 9.54. The number of hydrogen-bond acceptors (Lipinski definition) is 4. The van der Waals surface area contributed by atoms with E-state index in [1.165, 1.54) is 11.3 Å². The van der Waals surface area contributed by atoms with Crippen molar-refractivity contribution < 1.29 is 14.7 Å². The summed E-state index contributed by atoms with van der Waals surface area (Å²) in [5.41, 5.74) is 0.948. The second-order valence-corrected chi connectivity index (χ2v) is 6.05. The molecule has 3 N–H and O–H groups in total. The van der Waals surface area contributed by atoms with E-state index in [4.69, 9.17) is 5.11 Å². The van der Waals surface area contributed by atoms with Crippen LogP contribution in [0.4, 0.5) is 4.79 Å². The molecule has 0 radical (unpaired) electrons. The summed E-state index contributed by atoms with van der Waals surface area (Å²) in [6.07, 6.45) is 2.90. The van der Waals surface area contributed by atoms with Gasteiger partial charge < -0.3 is 15.7 Å². The van der Waals surface area contributed by atoms with Crippen molar-refractivity contribution in [3.63, 3.8) is 0 Å². The smallest absolute Gasteiger partial charge is 0.315 e. The topological polar surface area (TPSA) is 91.3 Å². The lowest BCUT2D eigenvalue weighted by Gasteiger charge is -2.27. The Kier molecular flexibility index (Phi) is 4.94. The number of rotatable bonds is 4. The van der Waals surface area contributed by atoms with Gasteiger partial charge >= 0.3 is 12.0 Å². The maximum atomic E-state index is 11.8. The zero-order valence-electron chi connectivity index (χ0n) is 11.4. The van der Waals surface area contributed by atoms with E-state index < -0.39 is 5.97 Å². The summed E-state index contributed by atoms with van der Waals surface area (Å²) in [7, 11) is 0. The van der Waals surface area contributed by atoms with Crippen LogP contribution in [0.5, 0.6) is 0 Å². The molecule has 7 heteroatoms. The largest absolute Gasteiger partial charge is 0.481 e. The molecule has 1 saturated carbocycles. The second kappa shape index (κ2) is 6.69. The summed E-state index contributed by atoms with van der Waals surface area (Å²) in [5, 5.41) is 17.4. The quantitative estimate of drug-likeness (QED) is 0.791. The molecule has 2 amide bonds. The summed E-state index contributed by atoms with van der Waals surface area (Å²) in [6, 6.07) is -0.309. The van der Waals surface area contributed by atoms with Gasteiger partial charge in [-0.15, -0.1) is 11.3 Å². The fourth-order valence-corrected chi connectivity index (χ4v) is 3.13. The van der Waals surface area contributed by atoms with Crippen LogP contribution in [0, 0.1) is 12.8 Å². The average molecular weight is 297 g/mol. The van der Waals surface area contributed by atoms with E-state index in [1.807, 2.05) is 12.3 Å². The van der Waals surface area contributed by atoms with E-state index in [0.29, 0.717) is 19.4 Å². The Morgan fingerprint density at radius 2 is 2.30 bits per heavy atom. The maximum absolute atomic E-state index is 11.8. The van der Waals surface area contributed by atoms with E-state index in [-0.39, 0.29) is 18.0 Å². The fraction of sp³-hybridized carbons (Fsp3) is 0.615. The van der Waals surface area contributed by atoms with Crippen LogP contribution in [0.25, 0.3) is 0 Å². The first-order valence-electron chi connectivity index (χ1n) is 6.73. The van der Waals surface area contributed by atoms with Crippen molar-refractivity contribution in [1.29, 1.82) is 0 Å². The Hall–Kier alpha value is -1.63. The van der Waals surface area contributed by atoms with Gasteiger partial charge in [0.15, 0.2) is 0 Å². The van der Waals surface area contributed by atoms with E-state index in [0.717, 1.165) is 23.5 Å². The number of nitrogens with zero attached hydrogens (tertiary/aromatic N) is 1. The molecule has 2 atom stereocenters. The normalized spacial score (nSPS) is 22.2. The van der Waals surface area contributed by atoms with Crippen LogP contribution in [-0.2, 0) is 11.3 Å². The second-order valence-electron chi connectivity index (χ2n) is 5.11. The molecular weight excluding hydrogens is 278 g/mol. The molecule has 110 valence electrons. The van der Waals surface area contributed by atoms with Crippen molar-refractivity contribution in [1.82, 2.24) is 15.6 Å². The highest BCUT2D eigenvalue weighted by Gasteiger charge is 2.27. The van der Waals surface area contributed by atoms with Crippen LogP contribution >= 0.6 is 11.3 Å². The molecule has 0 spiro atoms. The summed E-state index contributed by atoms with van der Waals surface area (Å²) in [6.45, 7) is 2.31. The zero-order valence-corrected chi connectivity index (χ0v) is 12.2. The molecule has 1 fully saturated rings. The highest BCUT2D eigenvalue weighted by molar-refractivity contribution is 7.09. The minimum Gasteiger partial charge on any atom is -0.481 e. The minimum absolute atomic E-state index is 0.0529. The van der Waals surface area contributed by atoms with Gasteiger partial charge in [0.25, 0.3) is 0 Å². The summed E-state index contributed by atoms with van der Waals surface area (Å²) < 4.78 is 0. The Labute approximate surface area is 121 Å². The number of urea groups is 1. The molecule has 6 nitrogen and oxygen atoms in total.